The van der Waals surface area contributed by atoms with Crippen LogP contribution in [0.3, 0.4) is 0 Å². The predicted molar refractivity (Wildman–Crippen MR) is 82.8 cm³/mol. The van der Waals surface area contributed by atoms with Gasteiger partial charge in [-0.05, 0) is 35.7 Å². The normalized spacial score (nSPS) is 15.5. The largest absolute Gasteiger partial charge is 0.493 e. The minimum Gasteiger partial charge on any atom is -0.493 e. The van der Waals surface area contributed by atoms with Crippen molar-refractivity contribution >= 4 is 5.97 Å². The smallest absolute Gasteiger partial charge is 0.308 e. The number of carbonyl (C=O) groups excluding carboxylic acids is 1. The average molecular weight is 298 g/mol. The van der Waals surface area contributed by atoms with Gasteiger partial charge in [0.15, 0.2) is 11.5 Å². The van der Waals surface area contributed by atoms with Gasteiger partial charge >= 0.3 is 5.97 Å². The van der Waals surface area contributed by atoms with Gasteiger partial charge in [-0.2, -0.15) is 0 Å². The first kappa shape index (κ1) is 14.4. The number of rotatable bonds is 4. The van der Waals surface area contributed by atoms with Gasteiger partial charge in [-0.3, -0.25) is 4.79 Å². The molecule has 4 heteroatoms. The Balaban J connectivity index is 1.97. The Morgan fingerprint density at radius 1 is 1.05 bits per heavy atom. The molecule has 0 fully saturated rings. The number of hydrogen-bond donors (Lipinski definition) is 0. The molecule has 0 bridgehead atoms. The second-order valence-corrected chi connectivity index (χ2v) is 5.29. The van der Waals surface area contributed by atoms with Gasteiger partial charge in [-0.1, -0.05) is 18.2 Å². The van der Waals surface area contributed by atoms with Gasteiger partial charge in [-0.25, -0.2) is 0 Å². The van der Waals surface area contributed by atoms with Crippen molar-refractivity contribution in [3.05, 3.63) is 53.1 Å². The van der Waals surface area contributed by atoms with Crippen LogP contribution < -0.4 is 14.2 Å². The molecule has 22 heavy (non-hydrogen) atoms. The molecule has 4 nitrogen and oxygen atoms in total. The number of benzene rings is 2. The first-order valence-electron chi connectivity index (χ1n) is 7.16. The zero-order valence-electron chi connectivity index (χ0n) is 12.9. The van der Waals surface area contributed by atoms with E-state index in [9.17, 15) is 4.79 Å². The lowest BCUT2D eigenvalue weighted by Crippen LogP contribution is -2.20. The predicted octanol–water partition coefficient (Wildman–Crippen LogP) is 3.32. The summed E-state index contributed by atoms with van der Waals surface area (Å²) >= 11 is 0. The molecule has 0 aromatic heterocycles. The number of methoxy groups -OCH3 is 2. The van der Waals surface area contributed by atoms with Crippen molar-refractivity contribution in [3.63, 3.8) is 0 Å². The molecule has 0 amide bonds. The lowest BCUT2D eigenvalue weighted by molar-refractivity contribution is -0.131. The molecule has 2 aromatic rings. The summed E-state index contributed by atoms with van der Waals surface area (Å²) in [6.45, 7) is 1.42. The van der Waals surface area contributed by atoms with Gasteiger partial charge < -0.3 is 14.2 Å². The summed E-state index contributed by atoms with van der Waals surface area (Å²) in [6.07, 6.45) is 0.930. The second kappa shape index (κ2) is 5.72. The quantitative estimate of drug-likeness (QED) is 0.641. The molecule has 1 aliphatic carbocycles. The lowest BCUT2D eigenvalue weighted by atomic mass is 9.73. The van der Waals surface area contributed by atoms with Crippen LogP contribution in [0.2, 0.25) is 0 Å². The van der Waals surface area contributed by atoms with Gasteiger partial charge in [-0.15, -0.1) is 0 Å². The van der Waals surface area contributed by atoms with Gasteiger partial charge in [0.2, 0.25) is 0 Å². The van der Waals surface area contributed by atoms with Crippen molar-refractivity contribution in [1.29, 1.82) is 0 Å². The molecule has 0 radical (unpaired) electrons. The standard InChI is InChI=1S/C18H18O4/c1-11(19)22-16-6-4-5-13-9-14(18(13)16)12-7-8-15(20-2)17(10-12)21-3/h4-8,10,14H,9H2,1-3H3. The summed E-state index contributed by atoms with van der Waals surface area (Å²) in [6, 6.07) is 11.7. The number of fused-ring (bicyclic) bond motifs is 1. The van der Waals surface area contributed by atoms with Crippen LogP contribution in [0.15, 0.2) is 36.4 Å². The van der Waals surface area contributed by atoms with Crippen LogP contribution >= 0.6 is 0 Å². The van der Waals surface area contributed by atoms with Crippen LogP contribution in [0.5, 0.6) is 17.2 Å². The highest BCUT2D eigenvalue weighted by atomic mass is 16.5. The molecule has 3 rings (SSSR count). The van der Waals surface area contributed by atoms with Crippen LogP contribution in [-0.2, 0) is 11.2 Å². The van der Waals surface area contributed by atoms with E-state index in [1.54, 1.807) is 14.2 Å². The third-order valence-electron chi connectivity index (χ3n) is 3.99. The Hall–Kier alpha value is -2.49. The number of ether oxygens (including phenoxy) is 3. The molecule has 0 spiro atoms. The Bertz CT molecular complexity index is 721. The van der Waals surface area contributed by atoms with E-state index in [1.807, 2.05) is 30.3 Å². The van der Waals surface area contributed by atoms with E-state index in [4.69, 9.17) is 14.2 Å². The Morgan fingerprint density at radius 3 is 2.50 bits per heavy atom. The maximum Gasteiger partial charge on any atom is 0.308 e. The van der Waals surface area contributed by atoms with Crippen LogP contribution in [0.25, 0.3) is 0 Å². The monoisotopic (exact) mass is 298 g/mol. The van der Waals surface area contributed by atoms with Crippen molar-refractivity contribution in [3.8, 4) is 17.2 Å². The first-order chi connectivity index (χ1) is 10.6. The molecule has 2 aromatic carbocycles. The third-order valence-corrected chi connectivity index (χ3v) is 3.99. The number of hydrogen-bond acceptors (Lipinski definition) is 4. The first-order valence-corrected chi connectivity index (χ1v) is 7.16. The maximum absolute atomic E-state index is 11.3. The minimum absolute atomic E-state index is 0.213. The molecular weight excluding hydrogens is 280 g/mol. The summed E-state index contributed by atoms with van der Waals surface area (Å²) in [5, 5.41) is 0. The SMILES string of the molecule is COc1ccc(C2Cc3cccc(OC(C)=O)c32)cc1OC. The highest BCUT2D eigenvalue weighted by molar-refractivity contribution is 5.71. The van der Waals surface area contributed by atoms with Crippen molar-refractivity contribution in [2.24, 2.45) is 0 Å². The molecule has 1 aliphatic rings. The summed E-state index contributed by atoms with van der Waals surface area (Å²) in [7, 11) is 3.25. The lowest BCUT2D eigenvalue weighted by Gasteiger charge is -2.32. The fraction of sp³-hybridized carbons (Fsp3) is 0.278. The zero-order valence-corrected chi connectivity index (χ0v) is 12.9. The van der Waals surface area contributed by atoms with Crippen molar-refractivity contribution < 1.29 is 19.0 Å². The van der Waals surface area contributed by atoms with Gasteiger partial charge in [0.05, 0.1) is 14.2 Å². The summed E-state index contributed by atoms with van der Waals surface area (Å²) in [5.74, 6) is 1.98. The minimum atomic E-state index is -0.300. The molecule has 0 N–H and O–H groups in total. The van der Waals surface area contributed by atoms with Crippen molar-refractivity contribution in [2.45, 2.75) is 19.3 Å². The Kier molecular flexibility index (Phi) is 3.75. The van der Waals surface area contributed by atoms with Gasteiger partial charge in [0.25, 0.3) is 0 Å². The second-order valence-electron chi connectivity index (χ2n) is 5.29. The molecule has 0 aliphatic heterocycles. The van der Waals surface area contributed by atoms with Crippen LogP contribution in [0.4, 0.5) is 0 Å². The fourth-order valence-electron chi connectivity index (χ4n) is 2.95. The van der Waals surface area contributed by atoms with Crippen LogP contribution in [-0.4, -0.2) is 20.2 Å². The summed E-state index contributed by atoms with van der Waals surface area (Å²) in [5.41, 5.74) is 3.44. The molecule has 0 saturated heterocycles. The fourth-order valence-corrected chi connectivity index (χ4v) is 2.95. The molecule has 0 saturated carbocycles. The number of esters is 1. The molecule has 0 heterocycles. The highest BCUT2D eigenvalue weighted by Crippen LogP contribution is 2.46. The van der Waals surface area contributed by atoms with E-state index in [0.717, 1.165) is 17.5 Å². The molecule has 1 atom stereocenters. The van der Waals surface area contributed by atoms with E-state index in [0.29, 0.717) is 17.2 Å². The highest BCUT2D eigenvalue weighted by Gasteiger charge is 2.32. The van der Waals surface area contributed by atoms with E-state index < -0.39 is 0 Å². The molecule has 1 unspecified atom stereocenters. The maximum atomic E-state index is 11.3. The third kappa shape index (κ3) is 2.41. The summed E-state index contributed by atoms with van der Waals surface area (Å²) in [4.78, 5) is 11.3. The van der Waals surface area contributed by atoms with E-state index >= 15 is 0 Å². The van der Waals surface area contributed by atoms with E-state index in [1.165, 1.54) is 12.5 Å². The van der Waals surface area contributed by atoms with Crippen molar-refractivity contribution in [2.75, 3.05) is 14.2 Å². The van der Waals surface area contributed by atoms with Crippen LogP contribution in [0.1, 0.15) is 29.5 Å². The van der Waals surface area contributed by atoms with Crippen LogP contribution in [0, 0.1) is 0 Å². The molecule has 114 valence electrons. The van der Waals surface area contributed by atoms with E-state index in [-0.39, 0.29) is 11.9 Å². The average Bonchev–Trinajstić information content (AvgIpc) is 2.48. The van der Waals surface area contributed by atoms with E-state index in [2.05, 4.69) is 6.07 Å². The Labute approximate surface area is 129 Å². The van der Waals surface area contributed by atoms with Crippen molar-refractivity contribution in [1.82, 2.24) is 0 Å². The topological polar surface area (TPSA) is 44.8 Å². The Morgan fingerprint density at radius 2 is 1.82 bits per heavy atom. The van der Waals surface area contributed by atoms with Gasteiger partial charge in [0, 0.05) is 18.4 Å². The van der Waals surface area contributed by atoms with Gasteiger partial charge in [0.1, 0.15) is 5.75 Å². The summed E-state index contributed by atoms with van der Waals surface area (Å²) < 4.78 is 16.0. The molecular formula is C18H18O4. The number of carbonyl (C=O) groups is 1. The zero-order chi connectivity index (χ0) is 15.7.